The highest BCUT2D eigenvalue weighted by Gasteiger charge is 2.24. The summed E-state index contributed by atoms with van der Waals surface area (Å²) in [5, 5.41) is 0. The Morgan fingerprint density at radius 1 is 1.38 bits per heavy atom. The Balaban J connectivity index is 2.22. The van der Waals surface area contributed by atoms with Crippen LogP contribution in [-0.4, -0.2) is 35.3 Å². The summed E-state index contributed by atoms with van der Waals surface area (Å²) in [7, 11) is 0. The Morgan fingerprint density at radius 2 is 2.00 bits per heavy atom. The van der Waals surface area contributed by atoms with Crippen molar-refractivity contribution in [2.75, 3.05) is 23.7 Å². The summed E-state index contributed by atoms with van der Waals surface area (Å²) in [5.41, 5.74) is 5.70. The highest BCUT2D eigenvalue weighted by molar-refractivity contribution is 9.10. The molecule has 0 radical (unpaired) electrons. The third kappa shape index (κ3) is 2.62. The lowest BCUT2D eigenvalue weighted by Gasteiger charge is -2.35. The van der Waals surface area contributed by atoms with Gasteiger partial charge in [-0.25, -0.2) is 4.98 Å². The van der Waals surface area contributed by atoms with Gasteiger partial charge in [0.05, 0.1) is 12.2 Å². The first-order chi connectivity index (χ1) is 7.54. The predicted molar refractivity (Wildman–Crippen MR) is 66.4 cm³/mol. The highest BCUT2D eigenvalue weighted by atomic mass is 79.9. The fourth-order valence-corrected chi connectivity index (χ4v) is 2.30. The monoisotopic (exact) mass is 286 g/mol. The molecule has 1 aromatic heterocycles. The molecule has 0 saturated carbocycles. The first kappa shape index (κ1) is 11.6. The van der Waals surface area contributed by atoms with Crippen molar-refractivity contribution in [3.05, 3.63) is 10.7 Å². The van der Waals surface area contributed by atoms with E-state index in [1.165, 1.54) is 0 Å². The fourth-order valence-electron chi connectivity index (χ4n) is 1.91. The number of nitrogens with zero attached hydrogens (tertiary/aromatic N) is 3. The van der Waals surface area contributed by atoms with Gasteiger partial charge in [0, 0.05) is 19.2 Å². The molecule has 0 aliphatic carbocycles. The molecule has 2 rings (SSSR count). The van der Waals surface area contributed by atoms with E-state index in [4.69, 9.17) is 10.5 Å². The largest absolute Gasteiger partial charge is 0.383 e. The van der Waals surface area contributed by atoms with E-state index in [0.29, 0.717) is 16.4 Å². The van der Waals surface area contributed by atoms with Crippen molar-refractivity contribution in [2.24, 2.45) is 0 Å². The number of nitrogens with two attached hydrogens (primary N) is 1. The molecule has 0 bridgehead atoms. The number of rotatable bonds is 1. The van der Waals surface area contributed by atoms with Gasteiger partial charge in [-0.15, -0.1) is 0 Å². The maximum atomic E-state index is 5.70. The normalized spacial score (nSPS) is 25.8. The summed E-state index contributed by atoms with van der Waals surface area (Å²) in [6, 6.07) is 1.69. The smallest absolute Gasteiger partial charge is 0.228 e. The summed E-state index contributed by atoms with van der Waals surface area (Å²) < 4.78 is 6.37. The fraction of sp³-hybridized carbons (Fsp3) is 0.600. The van der Waals surface area contributed by atoms with Crippen molar-refractivity contribution >= 4 is 27.7 Å². The number of halogens is 1. The number of nitrogen functional groups attached to an aromatic ring is 1. The van der Waals surface area contributed by atoms with E-state index in [-0.39, 0.29) is 12.2 Å². The van der Waals surface area contributed by atoms with E-state index in [2.05, 4.69) is 30.8 Å². The van der Waals surface area contributed by atoms with Crippen LogP contribution in [0.1, 0.15) is 13.8 Å². The van der Waals surface area contributed by atoms with Crippen LogP contribution in [0.5, 0.6) is 0 Å². The quantitative estimate of drug-likeness (QED) is 0.792. The zero-order valence-corrected chi connectivity index (χ0v) is 10.9. The average molecular weight is 287 g/mol. The Morgan fingerprint density at radius 3 is 2.56 bits per heavy atom. The third-order valence-electron chi connectivity index (χ3n) is 2.41. The van der Waals surface area contributed by atoms with Gasteiger partial charge >= 0.3 is 0 Å². The minimum atomic E-state index is 0.188. The molecular weight excluding hydrogens is 272 g/mol. The zero-order valence-electron chi connectivity index (χ0n) is 9.35. The van der Waals surface area contributed by atoms with Crippen molar-refractivity contribution in [2.45, 2.75) is 26.1 Å². The molecule has 1 saturated heterocycles. The second kappa shape index (κ2) is 4.55. The van der Waals surface area contributed by atoms with Gasteiger partial charge in [0.1, 0.15) is 10.4 Å². The average Bonchev–Trinajstić information content (AvgIpc) is 2.14. The molecule has 5 nitrogen and oxygen atoms in total. The lowest BCUT2D eigenvalue weighted by atomic mass is 10.2. The lowest BCUT2D eigenvalue weighted by Crippen LogP contribution is -2.46. The van der Waals surface area contributed by atoms with E-state index in [0.717, 1.165) is 13.1 Å². The lowest BCUT2D eigenvalue weighted by molar-refractivity contribution is -0.00572. The molecule has 1 fully saturated rings. The number of hydrogen-bond donors (Lipinski definition) is 1. The molecule has 0 spiro atoms. The SMILES string of the molecule is C[C@@H]1CN(c2nc(N)cc(Br)n2)C[C@H](C)O1. The summed E-state index contributed by atoms with van der Waals surface area (Å²) in [5.74, 6) is 1.14. The highest BCUT2D eigenvalue weighted by Crippen LogP contribution is 2.20. The number of morpholine rings is 1. The minimum Gasteiger partial charge on any atom is -0.383 e. The van der Waals surface area contributed by atoms with Gasteiger partial charge in [-0.05, 0) is 29.8 Å². The van der Waals surface area contributed by atoms with E-state index >= 15 is 0 Å². The van der Waals surface area contributed by atoms with E-state index in [9.17, 15) is 0 Å². The zero-order chi connectivity index (χ0) is 11.7. The molecule has 2 N–H and O–H groups in total. The van der Waals surface area contributed by atoms with Crippen LogP contribution in [0.15, 0.2) is 10.7 Å². The van der Waals surface area contributed by atoms with Crippen LogP contribution in [0.25, 0.3) is 0 Å². The van der Waals surface area contributed by atoms with E-state index in [1.807, 2.05) is 13.8 Å². The van der Waals surface area contributed by atoms with Gasteiger partial charge in [0.15, 0.2) is 0 Å². The Bertz CT molecular complexity index is 357. The Kier molecular flexibility index (Phi) is 3.30. The van der Waals surface area contributed by atoms with Crippen LogP contribution in [0.4, 0.5) is 11.8 Å². The summed E-state index contributed by atoms with van der Waals surface area (Å²) in [6.07, 6.45) is 0.375. The molecule has 2 heterocycles. The maximum Gasteiger partial charge on any atom is 0.228 e. The van der Waals surface area contributed by atoms with Crippen LogP contribution in [0.2, 0.25) is 0 Å². The number of aromatic nitrogens is 2. The van der Waals surface area contributed by atoms with Gasteiger partial charge in [-0.2, -0.15) is 4.98 Å². The van der Waals surface area contributed by atoms with Gasteiger partial charge in [0.25, 0.3) is 0 Å². The standard InChI is InChI=1S/C10H15BrN4O/c1-6-4-15(5-7(2)16-6)10-13-8(11)3-9(12)14-10/h3,6-7H,4-5H2,1-2H3,(H2,12,13,14)/t6-,7+. The van der Waals surface area contributed by atoms with Gasteiger partial charge in [0.2, 0.25) is 5.95 Å². The van der Waals surface area contributed by atoms with Gasteiger partial charge < -0.3 is 15.4 Å². The van der Waals surface area contributed by atoms with Crippen molar-refractivity contribution < 1.29 is 4.74 Å². The Labute approximate surface area is 103 Å². The first-order valence-electron chi connectivity index (χ1n) is 5.25. The van der Waals surface area contributed by atoms with Crippen LogP contribution in [-0.2, 0) is 4.74 Å². The van der Waals surface area contributed by atoms with Crippen LogP contribution in [0.3, 0.4) is 0 Å². The van der Waals surface area contributed by atoms with Crippen LogP contribution < -0.4 is 10.6 Å². The molecule has 0 aromatic carbocycles. The van der Waals surface area contributed by atoms with Gasteiger partial charge in [-0.1, -0.05) is 0 Å². The van der Waals surface area contributed by atoms with Crippen molar-refractivity contribution in [3.63, 3.8) is 0 Å². The first-order valence-corrected chi connectivity index (χ1v) is 6.04. The molecule has 0 amide bonds. The van der Waals surface area contributed by atoms with Crippen molar-refractivity contribution in [3.8, 4) is 0 Å². The van der Waals surface area contributed by atoms with E-state index < -0.39 is 0 Å². The molecule has 2 atom stereocenters. The topological polar surface area (TPSA) is 64.3 Å². The molecule has 6 heteroatoms. The minimum absolute atomic E-state index is 0.188. The Hall–Kier alpha value is -0.880. The molecule has 1 aliphatic rings. The number of anilines is 2. The summed E-state index contributed by atoms with van der Waals surface area (Å²) in [4.78, 5) is 10.7. The molecule has 0 unspecified atom stereocenters. The van der Waals surface area contributed by atoms with E-state index in [1.54, 1.807) is 6.07 Å². The summed E-state index contributed by atoms with van der Waals surface area (Å²) in [6.45, 7) is 5.68. The van der Waals surface area contributed by atoms with Crippen molar-refractivity contribution in [1.29, 1.82) is 0 Å². The van der Waals surface area contributed by atoms with Crippen molar-refractivity contribution in [1.82, 2.24) is 9.97 Å². The van der Waals surface area contributed by atoms with Crippen LogP contribution >= 0.6 is 15.9 Å². The summed E-state index contributed by atoms with van der Waals surface area (Å²) >= 11 is 3.32. The number of ether oxygens (including phenoxy) is 1. The predicted octanol–water partition coefficient (Wildman–Crippen LogP) is 1.43. The molecule has 1 aliphatic heterocycles. The third-order valence-corrected chi connectivity index (χ3v) is 2.81. The van der Waals surface area contributed by atoms with Gasteiger partial charge in [-0.3, -0.25) is 0 Å². The van der Waals surface area contributed by atoms with Crippen LogP contribution in [0, 0.1) is 0 Å². The molecular formula is C10H15BrN4O. The second-order valence-electron chi connectivity index (χ2n) is 4.08. The second-order valence-corrected chi connectivity index (χ2v) is 4.89. The maximum absolute atomic E-state index is 5.70. The number of hydrogen-bond acceptors (Lipinski definition) is 5. The molecule has 88 valence electrons. The molecule has 16 heavy (non-hydrogen) atoms. The molecule has 1 aromatic rings.